The van der Waals surface area contributed by atoms with Gasteiger partial charge in [-0.2, -0.15) is 0 Å². The molecule has 1 saturated carbocycles. The van der Waals surface area contributed by atoms with Crippen molar-refractivity contribution in [3.63, 3.8) is 0 Å². The molecule has 1 spiro atoms. The number of nitrogens with zero attached hydrogens (tertiary/aromatic N) is 4. The lowest BCUT2D eigenvalue weighted by molar-refractivity contribution is 0.0301. The third-order valence-electron chi connectivity index (χ3n) is 12.4. The Balaban J connectivity index is 1.23. The first-order valence-electron chi connectivity index (χ1n) is 18.2. The summed E-state index contributed by atoms with van der Waals surface area (Å²) in [4.78, 5) is 13.5. The predicted molar refractivity (Wildman–Crippen MR) is 194 cm³/mol. The molecular weight excluding hydrogens is 584 g/mol. The number of rotatable bonds is 7. The van der Waals surface area contributed by atoms with Crippen LogP contribution < -0.4 is 4.90 Å². The molecule has 0 amide bonds. The molecule has 1 aromatic heterocycles. The topological polar surface area (TPSA) is 22.6 Å². The van der Waals surface area contributed by atoms with Crippen LogP contribution >= 0.6 is 11.6 Å². The van der Waals surface area contributed by atoms with Gasteiger partial charge in [-0.3, -0.25) is 14.8 Å². The van der Waals surface area contributed by atoms with Crippen molar-refractivity contribution in [2.24, 2.45) is 10.8 Å². The van der Waals surface area contributed by atoms with Gasteiger partial charge in [-0.1, -0.05) is 69.1 Å². The standard InChI is InChI=1S/C41H55ClN4/c1-6-34-30(3)43-37(28-44-21-18-41(19-22-44)14-8-15-41)38(39(34)46-23-16-40(4,5)17-24-46)32-11-12-33-26-45(20-13-31(33)25-32)27-35-29(2)9-7-10-36(35)42/h7,9-12,25H,6,8,13-24,26-28H2,1-5H3. The lowest BCUT2D eigenvalue weighted by Gasteiger charge is -2.48. The van der Waals surface area contributed by atoms with Crippen LogP contribution in [0.1, 0.15) is 105 Å². The van der Waals surface area contributed by atoms with Gasteiger partial charge in [0, 0.05) is 55.5 Å². The van der Waals surface area contributed by atoms with E-state index in [-0.39, 0.29) is 0 Å². The molecule has 3 fully saturated rings. The molecule has 0 atom stereocenters. The smallest absolute Gasteiger partial charge is 0.0646 e. The van der Waals surface area contributed by atoms with Crippen molar-refractivity contribution in [2.45, 2.75) is 112 Å². The van der Waals surface area contributed by atoms with E-state index >= 15 is 0 Å². The number of pyridine rings is 1. The second-order valence-corrected chi connectivity index (χ2v) is 16.4. The summed E-state index contributed by atoms with van der Waals surface area (Å²) in [5.41, 5.74) is 14.8. The molecule has 2 saturated heterocycles. The Hall–Kier alpha value is -2.40. The first-order chi connectivity index (χ1) is 22.1. The Morgan fingerprint density at radius 2 is 1.57 bits per heavy atom. The lowest BCUT2D eigenvalue weighted by Crippen LogP contribution is -2.43. The van der Waals surface area contributed by atoms with Gasteiger partial charge in [-0.25, -0.2) is 0 Å². The molecule has 3 aromatic rings. The Morgan fingerprint density at radius 1 is 0.804 bits per heavy atom. The van der Waals surface area contributed by atoms with Crippen LogP contribution in [0.4, 0.5) is 5.69 Å². The van der Waals surface area contributed by atoms with Crippen LogP contribution in [0.25, 0.3) is 11.1 Å². The van der Waals surface area contributed by atoms with E-state index in [2.05, 4.69) is 79.7 Å². The largest absolute Gasteiger partial charge is 0.371 e. The van der Waals surface area contributed by atoms with Crippen LogP contribution in [0, 0.1) is 24.7 Å². The molecule has 2 aromatic carbocycles. The molecule has 0 radical (unpaired) electrons. The van der Waals surface area contributed by atoms with Gasteiger partial charge in [0.15, 0.2) is 0 Å². The molecule has 4 nitrogen and oxygen atoms in total. The van der Waals surface area contributed by atoms with Crippen LogP contribution in [0.3, 0.4) is 0 Å². The molecule has 1 aliphatic carbocycles. The fraction of sp³-hybridized carbons (Fsp3) is 0.585. The van der Waals surface area contributed by atoms with Crippen molar-refractivity contribution in [3.8, 4) is 11.1 Å². The van der Waals surface area contributed by atoms with Gasteiger partial charge in [0.1, 0.15) is 0 Å². The van der Waals surface area contributed by atoms with Crippen LogP contribution in [-0.4, -0.2) is 47.5 Å². The summed E-state index contributed by atoms with van der Waals surface area (Å²) >= 11 is 6.64. The number of likely N-dealkylation sites (tertiary alicyclic amines) is 1. The summed E-state index contributed by atoms with van der Waals surface area (Å²) in [5.74, 6) is 0. The SMILES string of the molecule is CCc1c(C)nc(CN2CCC3(CCC3)CC2)c(-c2ccc3c(c2)CCN(Cc2c(C)cccc2Cl)C3)c1N1CCC(C)(C)CC1. The predicted octanol–water partition coefficient (Wildman–Crippen LogP) is 9.53. The van der Waals surface area contributed by atoms with E-state index in [0.29, 0.717) is 10.8 Å². The molecule has 46 heavy (non-hydrogen) atoms. The number of piperidine rings is 2. The first kappa shape index (κ1) is 32.2. The molecule has 5 heteroatoms. The number of hydrogen-bond acceptors (Lipinski definition) is 4. The summed E-state index contributed by atoms with van der Waals surface area (Å²) < 4.78 is 0. The van der Waals surface area contributed by atoms with Crippen LogP contribution in [0.15, 0.2) is 36.4 Å². The van der Waals surface area contributed by atoms with E-state index < -0.39 is 0 Å². The van der Waals surface area contributed by atoms with E-state index in [9.17, 15) is 0 Å². The highest BCUT2D eigenvalue weighted by atomic mass is 35.5. The van der Waals surface area contributed by atoms with Crippen LogP contribution in [-0.2, 0) is 32.5 Å². The fourth-order valence-electron chi connectivity index (χ4n) is 8.88. The number of hydrogen-bond donors (Lipinski definition) is 0. The Bertz CT molecular complexity index is 1550. The second-order valence-electron chi connectivity index (χ2n) is 16.0. The zero-order chi connectivity index (χ0) is 32.1. The average molecular weight is 639 g/mol. The van der Waals surface area contributed by atoms with Gasteiger partial charge < -0.3 is 4.90 Å². The van der Waals surface area contributed by atoms with Gasteiger partial charge in [-0.15, -0.1) is 0 Å². The highest BCUT2D eigenvalue weighted by molar-refractivity contribution is 6.31. The monoisotopic (exact) mass is 638 g/mol. The maximum Gasteiger partial charge on any atom is 0.0646 e. The molecule has 4 aliphatic rings. The zero-order valence-corrected chi connectivity index (χ0v) is 29.9. The van der Waals surface area contributed by atoms with E-state index in [1.165, 1.54) is 114 Å². The number of aromatic nitrogens is 1. The highest BCUT2D eigenvalue weighted by Gasteiger charge is 2.40. The van der Waals surface area contributed by atoms with Crippen molar-refractivity contribution in [1.82, 2.24) is 14.8 Å². The quantitative estimate of drug-likeness (QED) is 0.257. The number of anilines is 1. The minimum Gasteiger partial charge on any atom is -0.371 e. The van der Waals surface area contributed by atoms with Crippen molar-refractivity contribution < 1.29 is 0 Å². The Labute approximate surface area is 283 Å². The third kappa shape index (κ3) is 6.39. The summed E-state index contributed by atoms with van der Waals surface area (Å²) in [7, 11) is 0. The fourth-order valence-corrected chi connectivity index (χ4v) is 9.16. The van der Waals surface area contributed by atoms with Crippen molar-refractivity contribution >= 4 is 17.3 Å². The second kappa shape index (κ2) is 12.9. The average Bonchev–Trinajstić information content (AvgIpc) is 3.02. The highest BCUT2D eigenvalue weighted by Crippen LogP contribution is 2.49. The first-order valence-corrected chi connectivity index (χ1v) is 18.6. The molecule has 0 N–H and O–H groups in total. The maximum absolute atomic E-state index is 6.64. The van der Waals surface area contributed by atoms with E-state index in [0.717, 1.165) is 57.1 Å². The molecule has 0 bridgehead atoms. The summed E-state index contributed by atoms with van der Waals surface area (Å²) in [6, 6.07) is 13.7. The molecule has 3 aliphatic heterocycles. The zero-order valence-electron chi connectivity index (χ0n) is 29.2. The van der Waals surface area contributed by atoms with E-state index in [4.69, 9.17) is 16.6 Å². The van der Waals surface area contributed by atoms with Gasteiger partial charge in [-0.05, 0) is 129 Å². The van der Waals surface area contributed by atoms with Crippen LogP contribution in [0.5, 0.6) is 0 Å². The third-order valence-corrected chi connectivity index (χ3v) is 12.7. The molecular formula is C41H55ClN4. The minimum absolute atomic E-state index is 0.416. The van der Waals surface area contributed by atoms with Gasteiger partial charge >= 0.3 is 0 Å². The molecule has 0 unspecified atom stereocenters. The van der Waals surface area contributed by atoms with Gasteiger partial charge in [0.2, 0.25) is 0 Å². The number of halogens is 1. The number of fused-ring (bicyclic) bond motifs is 1. The minimum atomic E-state index is 0.416. The van der Waals surface area contributed by atoms with Gasteiger partial charge in [0.25, 0.3) is 0 Å². The Kier molecular flexibility index (Phi) is 9.02. The van der Waals surface area contributed by atoms with E-state index in [1.54, 1.807) is 0 Å². The molecule has 246 valence electrons. The molecule has 7 rings (SSSR count). The maximum atomic E-state index is 6.64. The normalized spacial score (nSPS) is 21.3. The molecule has 4 heterocycles. The van der Waals surface area contributed by atoms with Crippen molar-refractivity contribution in [3.05, 3.63) is 80.6 Å². The Morgan fingerprint density at radius 3 is 2.24 bits per heavy atom. The number of benzene rings is 2. The summed E-state index contributed by atoms with van der Waals surface area (Å²) in [5, 5.41) is 0.887. The van der Waals surface area contributed by atoms with E-state index in [1.807, 2.05) is 6.07 Å². The van der Waals surface area contributed by atoms with Gasteiger partial charge in [0.05, 0.1) is 11.4 Å². The summed E-state index contributed by atoms with van der Waals surface area (Å²) in [6.07, 6.45) is 11.7. The van der Waals surface area contributed by atoms with Crippen LogP contribution in [0.2, 0.25) is 5.02 Å². The lowest BCUT2D eigenvalue weighted by atomic mass is 9.63. The van der Waals surface area contributed by atoms with Crippen molar-refractivity contribution in [2.75, 3.05) is 37.6 Å². The number of aryl methyl sites for hydroxylation is 2. The van der Waals surface area contributed by atoms with Crippen molar-refractivity contribution in [1.29, 1.82) is 0 Å². The summed E-state index contributed by atoms with van der Waals surface area (Å²) in [6.45, 7) is 20.3.